The van der Waals surface area contributed by atoms with Crippen LogP contribution in [0.1, 0.15) is 0 Å². The van der Waals surface area contributed by atoms with Crippen LogP contribution in [-0.4, -0.2) is 44.8 Å². The molecule has 62 valence electrons. The molecule has 10 heteroatoms. The van der Waals surface area contributed by atoms with E-state index in [0.29, 0.717) is 0 Å². The molecule has 0 atom stereocenters. The van der Waals surface area contributed by atoms with E-state index in [1.54, 1.807) is 0 Å². The molecule has 8 nitrogen and oxygen atoms in total. The minimum absolute atomic E-state index is 2.17. The normalized spacial score (nSPS) is 6.00. The second kappa shape index (κ2) is 15.9. The second-order valence-corrected chi connectivity index (χ2v) is 0.693. The maximum Gasteiger partial charge on any atom is 0.631 e. The first-order valence-corrected chi connectivity index (χ1v) is 1.88. The average Bonchev–Trinajstić information content (AvgIpc) is 1.66. The fraction of sp³-hybridized carbons (Fsp3) is 0. The summed E-state index contributed by atoms with van der Waals surface area (Å²) in [6, 6.07) is 0. The molecule has 10 N–H and O–H groups in total. The third kappa shape index (κ3) is 10000. The van der Waals surface area contributed by atoms with Crippen molar-refractivity contribution in [3.8, 4) is 0 Å². The van der Waals surface area contributed by atoms with Gasteiger partial charge in [0.15, 0.2) is 0 Å². The van der Waals surface area contributed by atoms with Crippen molar-refractivity contribution in [2.45, 2.75) is 0 Å². The fourth-order valence-corrected chi connectivity index (χ4v) is 0. The topological polar surface area (TPSA) is 173 Å². The molecule has 0 spiro atoms. The molecule has 0 aliphatic carbocycles. The number of hydrazine groups is 1. The molecule has 0 saturated heterocycles. The van der Waals surface area contributed by atoms with Crippen molar-refractivity contribution in [1.82, 2.24) is 0 Å². The molecule has 0 fully saturated rings. The molecule has 0 aliphatic rings. The Bertz CT molecular complexity index is 29.2. The van der Waals surface area contributed by atoms with Crippen LogP contribution in [-0.2, 0) is 0 Å². The predicted octanol–water partition coefficient (Wildman–Crippen LogP) is -5.28. The molecule has 0 amide bonds. The molecule has 0 aromatic carbocycles. The molecule has 0 bridgehead atoms. The SMILES string of the molecule is NN.OB(O)O.OB(O)O. The van der Waals surface area contributed by atoms with Gasteiger partial charge in [0.1, 0.15) is 0 Å². The first kappa shape index (κ1) is 16.4. The zero-order valence-electron chi connectivity index (χ0n) is 4.99. The Morgan fingerprint density at radius 2 is 0.600 bits per heavy atom. The molecular weight excluding hydrogens is 146 g/mol. The van der Waals surface area contributed by atoms with E-state index in [2.05, 4.69) is 11.7 Å². The van der Waals surface area contributed by atoms with Crippen molar-refractivity contribution in [2.75, 3.05) is 0 Å². The molecular formula is H10B2N2O6. The first-order valence-electron chi connectivity index (χ1n) is 1.88. The highest BCUT2D eigenvalue weighted by molar-refractivity contribution is 6.30. The zero-order chi connectivity index (χ0) is 9.15. The van der Waals surface area contributed by atoms with E-state index in [1.165, 1.54) is 0 Å². The van der Waals surface area contributed by atoms with Crippen LogP contribution < -0.4 is 11.7 Å². The Labute approximate surface area is 57.7 Å². The Hall–Kier alpha value is -0.190. The Morgan fingerprint density at radius 1 is 0.600 bits per heavy atom. The Morgan fingerprint density at radius 3 is 0.600 bits per heavy atom. The Balaban J connectivity index is -0.0000000787. The van der Waals surface area contributed by atoms with E-state index >= 15 is 0 Å². The summed E-state index contributed by atoms with van der Waals surface area (Å²) in [6.07, 6.45) is 0. The third-order valence-corrected chi connectivity index (χ3v) is 0. The van der Waals surface area contributed by atoms with Gasteiger partial charge in [0, 0.05) is 0 Å². The van der Waals surface area contributed by atoms with Crippen LogP contribution in [0.15, 0.2) is 0 Å². The molecule has 0 radical (unpaired) electrons. The molecule has 0 saturated carbocycles. The molecule has 0 aliphatic heterocycles. The fourth-order valence-electron chi connectivity index (χ4n) is 0. The second-order valence-electron chi connectivity index (χ2n) is 0.693. The largest absolute Gasteiger partial charge is 0.631 e. The molecule has 0 heterocycles. The van der Waals surface area contributed by atoms with E-state index in [-0.39, 0.29) is 0 Å². The number of rotatable bonds is 0. The summed E-state index contributed by atoms with van der Waals surface area (Å²) in [5, 5.41) is 43.0. The van der Waals surface area contributed by atoms with Crippen molar-refractivity contribution in [3.05, 3.63) is 0 Å². The molecule has 0 rings (SSSR count). The average molecular weight is 156 g/mol. The summed E-state index contributed by atoms with van der Waals surface area (Å²) in [4.78, 5) is 0. The summed E-state index contributed by atoms with van der Waals surface area (Å²) in [5.41, 5.74) is 0. The van der Waals surface area contributed by atoms with Crippen molar-refractivity contribution in [3.63, 3.8) is 0 Å². The summed E-state index contributed by atoms with van der Waals surface area (Å²) >= 11 is 0. The maximum atomic E-state index is 7.17. The van der Waals surface area contributed by atoms with E-state index in [1.807, 2.05) is 0 Å². The van der Waals surface area contributed by atoms with Gasteiger partial charge in [0.25, 0.3) is 0 Å². The van der Waals surface area contributed by atoms with Crippen LogP contribution in [0, 0.1) is 0 Å². The van der Waals surface area contributed by atoms with Gasteiger partial charge in [0.2, 0.25) is 0 Å². The van der Waals surface area contributed by atoms with Crippen molar-refractivity contribution < 1.29 is 30.1 Å². The summed E-state index contributed by atoms with van der Waals surface area (Å²) < 4.78 is 0. The van der Waals surface area contributed by atoms with Crippen molar-refractivity contribution in [2.24, 2.45) is 11.7 Å². The quantitative estimate of drug-likeness (QED) is 0.0973. The minimum Gasteiger partial charge on any atom is -0.402 e. The number of hydrogen-bond donors (Lipinski definition) is 8. The monoisotopic (exact) mass is 156 g/mol. The summed E-state index contributed by atoms with van der Waals surface area (Å²) in [6.45, 7) is 0. The maximum absolute atomic E-state index is 7.17. The van der Waals surface area contributed by atoms with Crippen LogP contribution in [0.5, 0.6) is 0 Å². The highest BCUT2D eigenvalue weighted by Crippen LogP contribution is 1.40. The Kier molecular flexibility index (Phi) is 26.1. The highest BCUT2D eigenvalue weighted by atomic mass is 16.5. The van der Waals surface area contributed by atoms with Gasteiger partial charge in [-0.05, 0) is 0 Å². The van der Waals surface area contributed by atoms with E-state index in [9.17, 15) is 0 Å². The summed E-state index contributed by atoms with van der Waals surface area (Å²) in [5.74, 6) is 8.00. The van der Waals surface area contributed by atoms with Gasteiger partial charge in [-0.15, -0.1) is 0 Å². The van der Waals surface area contributed by atoms with Crippen molar-refractivity contribution >= 4 is 14.6 Å². The van der Waals surface area contributed by atoms with E-state index in [4.69, 9.17) is 30.1 Å². The third-order valence-electron chi connectivity index (χ3n) is 0. The van der Waals surface area contributed by atoms with Gasteiger partial charge >= 0.3 is 14.6 Å². The van der Waals surface area contributed by atoms with Gasteiger partial charge in [-0.1, -0.05) is 0 Å². The van der Waals surface area contributed by atoms with Gasteiger partial charge in [0.05, 0.1) is 0 Å². The lowest BCUT2D eigenvalue weighted by atomic mass is 10.3. The first-order chi connectivity index (χ1) is 4.46. The number of nitrogens with two attached hydrogens (primary N) is 2. The van der Waals surface area contributed by atoms with E-state index in [0.717, 1.165) is 0 Å². The molecule has 0 aromatic rings. The standard InChI is InChI=1S/2BH3O3.H4N2/c2*2-1(3)4;1-2/h2*2-4H;1-2H2. The number of hydrogen-bond acceptors (Lipinski definition) is 8. The van der Waals surface area contributed by atoms with Gasteiger partial charge in [-0.3, -0.25) is 11.7 Å². The smallest absolute Gasteiger partial charge is 0.402 e. The lowest BCUT2D eigenvalue weighted by Gasteiger charge is -1.69. The van der Waals surface area contributed by atoms with Crippen LogP contribution in [0.4, 0.5) is 0 Å². The van der Waals surface area contributed by atoms with Crippen molar-refractivity contribution in [1.29, 1.82) is 0 Å². The molecule has 10 heavy (non-hydrogen) atoms. The van der Waals surface area contributed by atoms with E-state index < -0.39 is 14.6 Å². The van der Waals surface area contributed by atoms with Crippen LogP contribution in [0.25, 0.3) is 0 Å². The molecule has 0 aromatic heterocycles. The summed E-state index contributed by atoms with van der Waals surface area (Å²) in [7, 11) is -4.33. The molecule has 0 unspecified atom stereocenters. The van der Waals surface area contributed by atoms with Gasteiger partial charge < -0.3 is 30.1 Å². The predicted molar refractivity (Wildman–Crippen MR) is 33.2 cm³/mol. The lowest BCUT2D eigenvalue weighted by molar-refractivity contribution is 0.276. The van der Waals surface area contributed by atoms with Crippen LogP contribution in [0.2, 0.25) is 0 Å². The lowest BCUT2D eigenvalue weighted by Crippen LogP contribution is -2.07. The minimum atomic E-state index is -2.17. The van der Waals surface area contributed by atoms with Gasteiger partial charge in [-0.2, -0.15) is 0 Å². The van der Waals surface area contributed by atoms with Crippen LogP contribution >= 0.6 is 0 Å². The highest BCUT2D eigenvalue weighted by Gasteiger charge is 1.93. The van der Waals surface area contributed by atoms with Gasteiger partial charge in [-0.25, -0.2) is 0 Å². The van der Waals surface area contributed by atoms with Crippen LogP contribution in [0.3, 0.4) is 0 Å². The zero-order valence-corrected chi connectivity index (χ0v) is 4.99.